The number of carboxylic acid groups (broad SMARTS) is 8. The Kier molecular flexibility index (Phi) is 77.6. The number of carbonyl (C=O) groups is 8. The van der Waals surface area contributed by atoms with Crippen molar-refractivity contribution in [3.8, 4) is 0 Å². The van der Waals surface area contributed by atoms with E-state index in [0.29, 0.717) is 0 Å². The van der Waals surface area contributed by atoms with Crippen LogP contribution < -0.4 is 246 Å². The van der Waals surface area contributed by atoms with Gasteiger partial charge in [0.1, 0.15) is 0 Å². The molecule has 0 unspecified atom stereocenters. The molecule has 0 atom stereocenters. The molecule has 0 rings (SSSR count). The van der Waals surface area contributed by atoms with Crippen LogP contribution in [0.5, 0.6) is 0 Å². The molecular formula is C8K4O16U. The number of hydrogen-bond donors (Lipinski definition) is 0. The van der Waals surface area contributed by atoms with E-state index in [2.05, 4.69) is 0 Å². The molecule has 0 aromatic rings. The third-order valence-electron chi connectivity index (χ3n) is 0.667. The van der Waals surface area contributed by atoms with Crippen LogP contribution in [0.2, 0.25) is 0 Å². The summed E-state index contributed by atoms with van der Waals surface area (Å²) in [4.78, 5) is 71.4. The molecular weight excluding hydrogens is 746 g/mol. The standard InChI is InChI=1S/4C2H2O4.4K.U/c4*3-1(4)2(5)6;;;;;/h4*(H,3,4)(H,5,6);;;;;/q;;;;4*+1;+4/p-8. The van der Waals surface area contributed by atoms with Crippen molar-refractivity contribution in [3.05, 3.63) is 0 Å². The molecule has 0 aliphatic heterocycles. The first kappa shape index (κ1) is 58.3. The molecule has 0 heterocycles. The molecule has 136 valence electrons. The van der Waals surface area contributed by atoms with E-state index in [4.69, 9.17) is 79.2 Å². The Balaban J connectivity index is -0.0000000248. The monoisotopic (exact) mass is 746 g/mol. The van der Waals surface area contributed by atoms with Gasteiger partial charge in [-0.3, -0.25) is 0 Å². The third kappa shape index (κ3) is 72.1. The first-order chi connectivity index (χ1) is 10.6. The van der Waals surface area contributed by atoms with Crippen molar-refractivity contribution in [2.24, 2.45) is 0 Å². The van der Waals surface area contributed by atoms with Gasteiger partial charge in [0, 0.05) is 0 Å². The van der Waals surface area contributed by atoms with E-state index in [1.807, 2.05) is 0 Å². The Morgan fingerprint density at radius 3 is 0.310 bits per heavy atom. The van der Waals surface area contributed by atoms with Gasteiger partial charge in [0.05, 0.1) is 47.8 Å². The molecule has 21 heteroatoms. The fourth-order valence-corrected chi connectivity index (χ4v) is 0. The van der Waals surface area contributed by atoms with Gasteiger partial charge in [-0.1, -0.05) is 0 Å². The minimum atomic E-state index is -2.19. The largest absolute Gasteiger partial charge is 4.00 e. The summed E-state index contributed by atoms with van der Waals surface area (Å²) in [7, 11) is 0. The van der Waals surface area contributed by atoms with Gasteiger partial charge in [0.15, 0.2) is 0 Å². The maximum Gasteiger partial charge on any atom is 4.00 e. The van der Waals surface area contributed by atoms with Crippen molar-refractivity contribution < 1.29 is 316 Å². The Bertz CT molecular complexity index is 405. The normalized spacial score (nSPS) is 6.07. The first-order valence-corrected chi connectivity index (χ1v) is 4.27. The molecule has 0 aromatic carbocycles. The summed E-state index contributed by atoms with van der Waals surface area (Å²) in [6.45, 7) is 0. The smallest absolute Gasteiger partial charge is 0.543 e. The van der Waals surface area contributed by atoms with E-state index < -0.39 is 47.8 Å². The van der Waals surface area contributed by atoms with Gasteiger partial charge in [-0.05, 0) is 0 Å². The average molecular weight is 746 g/mol. The van der Waals surface area contributed by atoms with Gasteiger partial charge >= 0.3 is 237 Å². The quantitative estimate of drug-likeness (QED) is 0.164. The van der Waals surface area contributed by atoms with Crippen LogP contribution in [0.15, 0.2) is 0 Å². The molecule has 29 heavy (non-hydrogen) atoms. The van der Waals surface area contributed by atoms with E-state index in [-0.39, 0.29) is 237 Å². The van der Waals surface area contributed by atoms with E-state index in [1.165, 1.54) is 0 Å². The van der Waals surface area contributed by atoms with Crippen LogP contribution >= 0.6 is 0 Å². The fraction of sp³-hybridized carbons (Fsp3) is 0. The van der Waals surface area contributed by atoms with Crippen LogP contribution in [0.3, 0.4) is 0 Å². The summed E-state index contributed by atoms with van der Waals surface area (Å²) in [5.41, 5.74) is 0. The van der Waals surface area contributed by atoms with Crippen molar-refractivity contribution in [3.63, 3.8) is 0 Å². The molecule has 0 saturated carbocycles. The van der Waals surface area contributed by atoms with E-state index in [0.717, 1.165) is 0 Å². The second kappa shape index (κ2) is 38.6. The predicted molar refractivity (Wildman–Crippen MR) is 40.1 cm³/mol. The van der Waals surface area contributed by atoms with Crippen LogP contribution in [0, 0.1) is 31.1 Å². The second-order valence-electron chi connectivity index (χ2n) is 2.30. The van der Waals surface area contributed by atoms with E-state index in [9.17, 15) is 0 Å². The predicted octanol–water partition coefficient (Wildman–Crippen LogP) is -26.0. The zero-order valence-corrected chi connectivity index (χ0v) is 31.7. The molecule has 0 fully saturated rings. The topological polar surface area (TPSA) is 321 Å². The molecule has 0 bridgehead atoms. The Labute approximate surface area is 354 Å². The van der Waals surface area contributed by atoms with Crippen LogP contribution in [-0.2, 0) is 38.4 Å². The molecule has 0 spiro atoms. The summed E-state index contributed by atoms with van der Waals surface area (Å²) < 4.78 is 0. The number of aliphatic carboxylic acids is 8. The maximum atomic E-state index is 8.93. The second-order valence-corrected chi connectivity index (χ2v) is 2.30. The Hall–Kier alpha value is 3.36. The summed E-state index contributed by atoms with van der Waals surface area (Å²) in [6, 6.07) is 0. The molecule has 0 aliphatic carbocycles. The van der Waals surface area contributed by atoms with Crippen LogP contribution in [0.4, 0.5) is 0 Å². The summed E-state index contributed by atoms with van der Waals surface area (Å²) in [6.07, 6.45) is 0. The first-order valence-electron chi connectivity index (χ1n) is 4.27. The van der Waals surface area contributed by atoms with Crippen LogP contribution in [-0.4, -0.2) is 47.8 Å². The van der Waals surface area contributed by atoms with Gasteiger partial charge in [-0.25, -0.2) is 0 Å². The number of hydrogen-bond acceptors (Lipinski definition) is 16. The minimum Gasteiger partial charge on any atom is -0.543 e. The molecule has 0 radical (unpaired) electrons. The summed E-state index contributed by atoms with van der Waals surface area (Å²) in [5, 5.41) is 71.4. The van der Waals surface area contributed by atoms with Crippen molar-refractivity contribution in [2.45, 2.75) is 0 Å². The van der Waals surface area contributed by atoms with Gasteiger partial charge < -0.3 is 79.2 Å². The Morgan fingerprint density at radius 1 is 0.276 bits per heavy atom. The zero-order valence-electron chi connectivity index (χ0n) is 15.0. The number of carboxylic acids is 8. The number of carbonyl (C=O) groups excluding carboxylic acids is 8. The zero-order chi connectivity index (χ0) is 20.6. The van der Waals surface area contributed by atoms with Crippen molar-refractivity contribution >= 4 is 47.8 Å². The average Bonchev–Trinajstić information content (AvgIpc) is 2.40. The summed E-state index contributed by atoms with van der Waals surface area (Å²) >= 11 is 0. The number of rotatable bonds is 0. The van der Waals surface area contributed by atoms with Crippen molar-refractivity contribution in [1.29, 1.82) is 0 Å². The van der Waals surface area contributed by atoms with Gasteiger partial charge in [-0.15, -0.1) is 0 Å². The van der Waals surface area contributed by atoms with Gasteiger partial charge in [-0.2, -0.15) is 0 Å². The van der Waals surface area contributed by atoms with E-state index >= 15 is 0 Å². The van der Waals surface area contributed by atoms with Crippen LogP contribution in [0.1, 0.15) is 0 Å². The van der Waals surface area contributed by atoms with Crippen LogP contribution in [0.25, 0.3) is 0 Å². The van der Waals surface area contributed by atoms with Crippen molar-refractivity contribution in [1.82, 2.24) is 0 Å². The molecule has 0 N–H and O–H groups in total. The van der Waals surface area contributed by atoms with E-state index in [1.54, 1.807) is 0 Å². The SMILES string of the molecule is O=C([O-])C(=O)[O-].O=C([O-])C(=O)[O-].O=C([O-])C(=O)[O-].O=C([O-])C(=O)[O-].[K+].[K+].[K+].[K+].[U+4]. The Morgan fingerprint density at radius 2 is 0.310 bits per heavy atom. The fourth-order valence-electron chi connectivity index (χ4n) is 0. The van der Waals surface area contributed by atoms with Gasteiger partial charge in [0.25, 0.3) is 0 Å². The molecule has 0 saturated heterocycles. The molecule has 0 aliphatic rings. The minimum absolute atomic E-state index is 0. The molecule has 0 amide bonds. The third-order valence-corrected chi connectivity index (χ3v) is 0.667. The summed E-state index contributed by atoms with van der Waals surface area (Å²) in [5.74, 6) is -17.5. The van der Waals surface area contributed by atoms with Crippen molar-refractivity contribution in [2.75, 3.05) is 0 Å². The molecule has 0 aromatic heterocycles. The maximum absolute atomic E-state index is 8.93. The van der Waals surface area contributed by atoms with Gasteiger partial charge in [0.2, 0.25) is 0 Å². The molecule has 16 nitrogen and oxygen atoms in total.